The topological polar surface area (TPSA) is 347 Å². The van der Waals surface area contributed by atoms with Gasteiger partial charge < -0.3 is 76.0 Å². The van der Waals surface area contributed by atoms with Crippen LogP contribution in [0, 0.1) is 0 Å². The Hall–Kier alpha value is -7.56. The van der Waals surface area contributed by atoms with Crippen LogP contribution in [0.4, 0.5) is 18.9 Å². The molecule has 1 aromatic heterocycles. The van der Waals surface area contributed by atoms with E-state index in [9.17, 15) is 67.5 Å². The van der Waals surface area contributed by atoms with Gasteiger partial charge in [0.25, 0.3) is 0 Å². The van der Waals surface area contributed by atoms with E-state index in [0.717, 1.165) is 10.9 Å². The van der Waals surface area contributed by atoms with Crippen molar-refractivity contribution in [2.45, 2.75) is 101 Å². The molecule has 0 unspecified atom stereocenters. The highest BCUT2D eigenvalue weighted by Gasteiger charge is 2.51. The third-order valence-electron chi connectivity index (χ3n) is 14.7. The first-order valence-corrected chi connectivity index (χ1v) is 26.5. The van der Waals surface area contributed by atoms with E-state index in [1.165, 1.54) is 38.3 Å². The molecule has 1 amide bonds. The molecule has 82 heavy (non-hydrogen) atoms. The predicted molar refractivity (Wildman–Crippen MR) is 284 cm³/mol. The Labute approximate surface area is 466 Å². The summed E-state index contributed by atoms with van der Waals surface area (Å²) in [6.07, 6.45) is -12.3. The molecule has 440 valence electrons. The number of anilines is 1. The van der Waals surface area contributed by atoms with Gasteiger partial charge in [-0.15, -0.1) is 0 Å². The number of benzene rings is 4. The Morgan fingerprint density at radius 2 is 1.54 bits per heavy atom. The number of phenols is 3. The number of ether oxygens (including phenoxy) is 4. The number of phenolic OH excluding ortho intramolecular Hbond substituents is 3. The lowest BCUT2D eigenvalue weighted by Gasteiger charge is -2.43. The predicted octanol–water partition coefficient (Wildman–Crippen LogP) is 2.99. The molecular formula is C56H63F3N6O17. The number of halogens is 3. The summed E-state index contributed by atoms with van der Waals surface area (Å²) >= 11 is 0. The van der Waals surface area contributed by atoms with Gasteiger partial charge in [0.1, 0.15) is 40.4 Å². The van der Waals surface area contributed by atoms with Crippen LogP contribution in [0.5, 0.6) is 23.0 Å². The largest absolute Gasteiger partial charge is 0.507 e. The minimum atomic E-state index is -5.29. The number of hydrogen-bond acceptors (Lipinski definition) is 21. The van der Waals surface area contributed by atoms with Gasteiger partial charge in [0, 0.05) is 91.7 Å². The van der Waals surface area contributed by atoms with Gasteiger partial charge in [-0.05, 0) is 37.6 Å². The number of unbranched alkanes of at least 4 members (excludes halogenated alkanes) is 1. The Balaban J connectivity index is 0.000000241. The number of ketones is 4. The van der Waals surface area contributed by atoms with E-state index in [1.54, 1.807) is 11.4 Å². The number of alkyl halides is 3. The Morgan fingerprint density at radius 1 is 0.854 bits per heavy atom. The zero-order chi connectivity index (χ0) is 59.4. The average Bonchev–Trinajstić information content (AvgIpc) is 3.18. The molecule has 26 heteroatoms. The lowest BCUT2D eigenvalue weighted by Crippen LogP contribution is -2.57. The maximum absolute atomic E-state index is 13.9. The monoisotopic (exact) mass is 1150 g/mol. The number of esters is 1. The molecular weight excluding hydrogens is 1090 g/mol. The van der Waals surface area contributed by atoms with Crippen molar-refractivity contribution in [2.75, 3.05) is 65.0 Å². The third kappa shape index (κ3) is 12.0. The SMILES string of the molecule is CCCCC(=O)OCC(=O)[C@]1(O)Cc2c(O)c3c(c(O)c2[C@@H](O[C@H]2C[C@H](NC(=O)C(F)(F)F)[C@H](O)[C@H](C)O2)C1)C(=O)c1c(OC)cccc1C3=O.O=C1c2c(O)cccc2-c2nn(CCNCCO)c3ccc(NCCNCCO)c1c23. The maximum Gasteiger partial charge on any atom is 0.471 e. The third-order valence-corrected chi connectivity index (χ3v) is 14.7. The second-order valence-electron chi connectivity index (χ2n) is 20.0. The molecule has 4 aromatic carbocycles. The number of aromatic hydroxyl groups is 3. The van der Waals surface area contributed by atoms with Gasteiger partial charge in [0.05, 0.1) is 78.5 Å². The molecule has 0 radical (unpaired) electrons. The number of fused-ring (bicyclic) bond motifs is 5. The highest BCUT2D eigenvalue weighted by molar-refractivity contribution is 6.32. The van der Waals surface area contributed by atoms with Crippen molar-refractivity contribution in [3.05, 3.63) is 93.0 Å². The molecule has 11 N–H and O–H groups in total. The van der Waals surface area contributed by atoms with Gasteiger partial charge in [0.2, 0.25) is 11.6 Å². The first kappa shape index (κ1) is 60.5. The molecule has 2 heterocycles. The summed E-state index contributed by atoms with van der Waals surface area (Å²) in [7, 11) is 1.25. The fourth-order valence-electron chi connectivity index (χ4n) is 10.6. The number of aliphatic hydroxyl groups excluding tert-OH is 3. The Morgan fingerprint density at radius 3 is 2.23 bits per heavy atom. The normalized spacial score (nSPS) is 20.7. The summed E-state index contributed by atoms with van der Waals surface area (Å²) in [5, 5.41) is 90.6. The number of nitrogens with one attached hydrogen (secondary N) is 4. The quantitative estimate of drug-likeness (QED) is 0.0280. The van der Waals surface area contributed by atoms with E-state index in [2.05, 4.69) is 16.0 Å². The first-order chi connectivity index (χ1) is 39.1. The second-order valence-corrected chi connectivity index (χ2v) is 20.0. The molecule has 0 bridgehead atoms. The van der Waals surface area contributed by atoms with E-state index >= 15 is 0 Å². The highest BCUT2D eigenvalue weighted by atomic mass is 19.4. The highest BCUT2D eigenvalue weighted by Crippen LogP contribution is 2.53. The number of rotatable bonds is 21. The zero-order valence-corrected chi connectivity index (χ0v) is 44.9. The fourth-order valence-corrected chi connectivity index (χ4v) is 10.6. The molecule has 3 aliphatic carbocycles. The number of aromatic nitrogens is 2. The smallest absolute Gasteiger partial charge is 0.471 e. The molecule has 0 spiro atoms. The van der Waals surface area contributed by atoms with Crippen molar-refractivity contribution in [1.82, 2.24) is 25.7 Å². The lowest BCUT2D eigenvalue weighted by atomic mass is 9.72. The number of methoxy groups -OCH3 is 1. The van der Waals surface area contributed by atoms with Crippen LogP contribution in [0.15, 0.2) is 48.5 Å². The van der Waals surface area contributed by atoms with Crippen molar-refractivity contribution in [3.8, 4) is 34.3 Å². The number of amides is 1. The minimum Gasteiger partial charge on any atom is -0.507 e. The van der Waals surface area contributed by atoms with E-state index < -0.39 is 120 Å². The summed E-state index contributed by atoms with van der Waals surface area (Å²) in [6, 6.07) is 11.4. The van der Waals surface area contributed by atoms with Crippen LogP contribution >= 0.6 is 0 Å². The van der Waals surface area contributed by atoms with E-state index in [1.807, 2.05) is 29.8 Å². The van der Waals surface area contributed by atoms with Crippen LogP contribution in [-0.2, 0) is 41.6 Å². The Kier molecular flexibility index (Phi) is 18.7. The van der Waals surface area contributed by atoms with Crippen LogP contribution in [0.1, 0.15) is 111 Å². The van der Waals surface area contributed by atoms with Gasteiger partial charge in [-0.25, -0.2) is 0 Å². The van der Waals surface area contributed by atoms with Crippen LogP contribution in [0.3, 0.4) is 0 Å². The molecule has 0 saturated carbocycles. The minimum absolute atomic E-state index is 0.00489. The second kappa shape index (κ2) is 25.3. The molecule has 1 fully saturated rings. The Bertz CT molecular complexity index is 3300. The average molecular weight is 1150 g/mol. The first-order valence-electron chi connectivity index (χ1n) is 26.5. The number of carbonyl (C=O) groups is 6. The van der Waals surface area contributed by atoms with Gasteiger partial charge >= 0.3 is 18.1 Å². The fraction of sp³-hybridized carbons (Fsp3) is 0.446. The number of hydrogen-bond donors (Lipinski definition) is 11. The number of Topliss-reactive ketones (excluding diaryl/α,β-unsaturated/α-hetero) is 1. The molecule has 6 atom stereocenters. The van der Waals surface area contributed by atoms with Crippen molar-refractivity contribution in [2.24, 2.45) is 0 Å². The van der Waals surface area contributed by atoms with E-state index in [4.69, 9.17) is 34.3 Å². The standard InChI is InChI=1S/C34H36F3NO13.C22H27N5O4/c1-4-5-9-21(40)49-13-20(39)33(47)11-16-24(19(12-33)51-22-10-17(27(41)14(2)50-22)38-32(46)34(35,36)37)31(45)26-25(29(16)43)28(42)15-7-6-8-18(48-3)23(15)30(26)44;28-12-9-23-6-7-25-15-4-5-16-20-19(15)22(31)18-14(2-1-3-17(18)30)21(20)26-27(16)11-8-24-10-13-29/h6-8,14,17,19,22,27,41,43,45,47H,4-5,9-13H2,1-3H3,(H,38,46);1-5,23-25,28-30H,6-13H2/t14-,17-,19-,22-,27+,33-;/m0./s1. The van der Waals surface area contributed by atoms with Crippen molar-refractivity contribution in [1.29, 1.82) is 0 Å². The van der Waals surface area contributed by atoms with Gasteiger partial charge in [-0.2, -0.15) is 18.3 Å². The molecule has 9 rings (SSSR count). The van der Waals surface area contributed by atoms with Crippen LogP contribution in [-0.4, -0.2) is 177 Å². The number of carbonyl (C=O) groups excluding carboxylic acids is 6. The number of aliphatic hydroxyl groups is 4. The van der Waals surface area contributed by atoms with Crippen molar-refractivity contribution >= 4 is 51.6 Å². The maximum atomic E-state index is 13.9. The number of nitrogens with zero attached hydrogens (tertiary/aromatic N) is 2. The summed E-state index contributed by atoms with van der Waals surface area (Å²) in [5.41, 5.74) is -1.21. The van der Waals surface area contributed by atoms with Crippen molar-refractivity contribution < 1.29 is 96.6 Å². The molecule has 1 aliphatic heterocycles. The molecule has 4 aliphatic rings. The molecule has 5 aromatic rings. The van der Waals surface area contributed by atoms with E-state index in [0.29, 0.717) is 74.6 Å². The van der Waals surface area contributed by atoms with Gasteiger partial charge in [0.15, 0.2) is 24.5 Å². The van der Waals surface area contributed by atoms with Crippen molar-refractivity contribution in [3.63, 3.8) is 0 Å². The van der Waals surface area contributed by atoms with Crippen LogP contribution in [0.2, 0.25) is 0 Å². The van der Waals surface area contributed by atoms with Crippen LogP contribution in [0.25, 0.3) is 22.2 Å². The lowest BCUT2D eigenvalue weighted by molar-refractivity contribution is -0.250. The van der Waals surface area contributed by atoms with Crippen LogP contribution < -0.4 is 26.0 Å². The van der Waals surface area contributed by atoms with Gasteiger partial charge in [-0.3, -0.25) is 33.4 Å². The summed E-state index contributed by atoms with van der Waals surface area (Å²) < 4.78 is 63.0. The van der Waals surface area contributed by atoms with E-state index in [-0.39, 0.29) is 64.7 Å². The summed E-state index contributed by atoms with van der Waals surface area (Å²) in [4.78, 5) is 78.4. The summed E-state index contributed by atoms with van der Waals surface area (Å²) in [6.45, 7) is 5.78. The summed E-state index contributed by atoms with van der Waals surface area (Å²) in [5.74, 6) is -7.94. The molecule has 1 saturated heterocycles. The molecule has 23 nitrogen and oxygen atoms in total. The zero-order valence-electron chi connectivity index (χ0n) is 44.9. The van der Waals surface area contributed by atoms with Gasteiger partial charge in [-0.1, -0.05) is 37.6 Å².